The number of nitrogens with zero attached hydrogens (tertiary/aromatic N) is 2. The first kappa shape index (κ1) is 23.5. The zero-order valence-electron chi connectivity index (χ0n) is 22.4. The van der Waals surface area contributed by atoms with E-state index >= 15 is 0 Å². The van der Waals surface area contributed by atoms with Gasteiger partial charge in [0.15, 0.2) is 5.58 Å². The molecular weight excluding hydrogens is 500 g/mol. The molecule has 0 atom stereocenters. The maximum atomic E-state index is 6.57. The fraction of sp³-hybridized carbons (Fsp3) is 0.0263. The van der Waals surface area contributed by atoms with Crippen molar-refractivity contribution in [3.8, 4) is 16.8 Å². The second kappa shape index (κ2) is 9.65. The Bertz CT molecular complexity index is 2220. The smallest absolute Gasteiger partial charge is 0.160 e. The van der Waals surface area contributed by atoms with Gasteiger partial charge in [0.1, 0.15) is 5.58 Å². The first-order valence-corrected chi connectivity index (χ1v) is 13.9. The molecule has 0 aliphatic carbocycles. The second-order valence-electron chi connectivity index (χ2n) is 10.4. The summed E-state index contributed by atoms with van der Waals surface area (Å²) in [7, 11) is 0. The van der Waals surface area contributed by atoms with Gasteiger partial charge in [-0.3, -0.25) is 4.99 Å². The molecule has 2 heterocycles. The molecule has 8 rings (SSSR count). The molecule has 41 heavy (non-hydrogen) atoms. The van der Waals surface area contributed by atoms with Gasteiger partial charge in [-0.1, -0.05) is 109 Å². The molecule has 0 saturated carbocycles. The van der Waals surface area contributed by atoms with E-state index < -0.39 is 0 Å². The molecule has 0 N–H and O–H groups in total. The quantitative estimate of drug-likeness (QED) is 0.205. The fourth-order valence-corrected chi connectivity index (χ4v) is 5.95. The summed E-state index contributed by atoms with van der Waals surface area (Å²) in [6.07, 6.45) is 1.94. The number of benzene rings is 6. The van der Waals surface area contributed by atoms with Crippen molar-refractivity contribution in [2.45, 2.75) is 6.54 Å². The van der Waals surface area contributed by atoms with Crippen molar-refractivity contribution in [2.75, 3.05) is 0 Å². The van der Waals surface area contributed by atoms with Crippen LogP contribution in [-0.4, -0.2) is 10.8 Å². The highest BCUT2D eigenvalue weighted by Crippen LogP contribution is 2.41. The standard InChI is InChI=1S/C38H26N2O/c1-3-10-26(11-4-1)24-39-25-27-12-9-15-30(22-27)40-35-23-29(28-13-5-2-6-14-28)18-19-31(35)33-20-21-34-32-16-7-8-17-36(32)41-38(34)37(33)40/h1-24H,25H2/b39-24+. The van der Waals surface area contributed by atoms with E-state index in [0.29, 0.717) is 6.54 Å². The van der Waals surface area contributed by atoms with E-state index in [0.717, 1.165) is 49.8 Å². The van der Waals surface area contributed by atoms with Crippen molar-refractivity contribution in [3.63, 3.8) is 0 Å². The third-order valence-electron chi connectivity index (χ3n) is 7.86. The number of hydrogen-bond donors (Lipinski definition) is 0. The summed E-state index contributed by atoms with van der Waals surface area (Å²) in [6, 6.07) is 49.0. The van der Waals surface area contributed by atoms with E-state index in [1.807, 2.05) is 36.5 Å². The van der Waals surface area contributed by atoms with Gasteiger partial charge in [-0.2, -0.15) is 0 Å². The van der Waals surface area contributed by atoms with Crippen LogP contribution in [0.15, 0.2) is 149 Å². The third kappa shape index (κ3) is 4.02. The number of aromatic nitrogens is 1. The monoisotopic (exact) mass is 526 g/mol. The van der Waals surface area contributed by atoms with Crippen LogP contribution in [0.25, 0.3) is 60.6 Å². The van der Waals surface area contributed by atoms with E-state index in [-0.39, 0.29) is 0 Å². The van der Waals surface area contributed by atoms with Gasteiger partial charge in [0.05, 0.1) is 17.6 Å². The van der Waals surface area contributed by atoms with Gasteiger partial charge in [-0.05, 0) is 52.6 Å². The zero-order valence-corrected chi connectivity index (χ0v) is 22.4. The Labute approximate surface area is 237 Å². The Hall–Kier alpha value is -5.41. The molecule has 0 amide bonds. The van der Waals surface area contributed by atoms with E-state index in [2.05, 4.69) is 114 Å². The Morgan fingerprint density at radius 3 is 2.22 bits per heavy atom. The summed E-state index contributed by atoms with van der Waals surface area (Å²) in [4.78, 5) is 4.74. The lowest BCUT2D eigenvalue weighted by molar-refractivity contribution is 0.671. The minimum Gasteiger partial charge on any atom is -0.454 e. The molecule has 6 aromatic carbocycles. The molecule has 194 valence electrons. The summed E-state index contributed by atoms with van der Waals surface area (Å²) in [5, 5.41) is 4.65. The highest BCUT2D eigenvalue weighted by Gasteiger charge is 2.19. The molecule has 0 radical (unpaired) electrons. The lowest BCUT2D eigenvalue weighted by atomic mass is 10.0. The normalized spacial score (nSPS) is 11.9. The summed E-state index contributed by atoms with van der Waals surface area (Å²) < 4.78 is 8.94. The highest BCUT2D eigenvalue weighted by atomic mass is 16.3. The van der Waals surface area contributed by atoms with Gasteiger partial charge in [0, 0.05) is 33.4 Å². The molecule has 0 bridgehead atoms. The Balaban J connectivity index is 1.37. The van der Waals surface area contributed by atoms with Gasteiger partial charge in [0.25, 0.3) is 0 Å². The van der Waals surface area contributed by atoms with Crippen molar-refractivity contribution in [1.29, 1.82) is 0 Å². The summed E-state index contributed by atoms with van der Waals surface area (Å²) in [6.45, 7) is 0.606. The molecule has 0 saturated heterocycles. The van der Waals surface area contributed by atoms with E-state index in [1.165, 1.54) is 21.9 Å². The van der Waals surface area contributed by atoms with Gasteiger partial charge in [0.2, 0.25) is 0 Å². The second-order valence-corrected chi connectivity index (χ2v) is 10.4. The van der Waals surface area contributed by atoms with E-state index in [1.54, 1.807) is 0 Å². The van der Waals surface area contributed by atoms with Crippen molar-refractivity contribution < 1.29 is 4.42 Å². The van der Waals surface area contributed by atoms with E-state index in [9.17, 15) is 0 Å². The number of hydrogen-bond acceptors (Lipinski definition) is 2. The minimum absolute atomic E-state index is 0.606. The van der Waals surface area contributed by atoms with Crippen LogP contribution in [0.1, 0.15) is 11.1 Å². The molecule has 0 aliphatic heterocycles. The predicted octanol–water partition coefficient (Wildman–Crippen LogP) is 9.97. The lowest BCUT2D eigenvalue weighted by Gasteiger charge is -2.11. The average Bonchev–Trinajstić information content (AvgIpc) is 3.58. The van der Waals surface area contributed by atoms with Crippen LogP contribution in [0.3, 0.4) is 0 Å². The number of fused-ring (bicyclic) bond motifs is 7. The number of furan rings is 1. The van der Waals surface area contributed by atoms with E-state index in [4.69, 9.17) is 9.41 Å². The molecule has 3 nitrogen and oxygen atoms in total. The predicted molar refractivity (Wildman–Crippen MR) is 171 cm³/mol. The maximum absolute atomic E-state index is 6.57. The molecule has 0 aliphatic rings. The van der Waals surface area contributed by atoms with Gasteiger partial charge in [-0.25, -0.2) is 0 Å². The summed E-state index contributed by atoms with van der Waals surface area (Å²) >= 11 is 0. The number of para-hydroxylation sites is 1. The minimum atomic E-state index is 0.606. The van der Waals surface area contributed by atoms with Crippen LogP contribution in [0.5, 0.6) is 0 Å². The Morgan fingerprint density at radius 2 is 1.34 bits per heavy atom. The largest absolute Gasteiger partial charge is 0.454 e. The Morgan fingerprint density at radius 1 is 0.585 bits per heavy atom. The van der Waals surface area contributed by atoms with Crippen molar-refractivity contribution in [1.82, 2.24) is 4.57 Å². The van der Waals surface area contributed by atoms with Crippen LogP contribution in [-0.2, 0) is 6.54 Å². The SMILES string of the molecule is C(=N\Cc1cccc(-n2c3cc(-c4ccccc4)ccc3c3ccc4c5ccccc5oc4c32)c1)/c1ccccc1. The molecule has 2 aromatic heterocycles. The summed E-state index contributed by atoms with van der Waals surface area (Å²) in [5.74, 6) is 0. The van der Waals surface area contributed by atoms with Crippen molar-refractivity contribution in [3.05, 3.63) is 151 Å². The number of rotatable bonds is 5. The highest BCUT2D eigenvalue weighted by molar-refractivity contribution is 6.21. The summed E-state index contributed by atoms with van der Waals surface area (Å²) in [5.41, 5.74) is 9.79. The molecule has 0 spiro atoms. The van der Waals surface area contributed by atoms with Crippen LogP contribution in [0, 0.1) is 0 Å². The van der Waals surface area contributed by atoms with Crippen LogP contribution in [0.4, 0.5) is 0 Å². The molecule has 0 unspecified atom stereocenters. The molecular formula is C38H26N2O. The van der Waals surface area contributed by atoms with Crippen LogP contribution < -0.4 is 0 Å². The zero-order chi connectivity index (χ0) is 27.2. The van der Waals surface area contributed by atoms with Gasteiger partial charge >= 0.3 is 0 Å². The van der Waals surface area contributed by atoms with Crippen molar-refractivity contribution in [2.24, 2.45) is 4.99 Å². The molecule has 0 fully saturated rings. The maximum Gasteiger partial charge on any atom is 0.160 e. The van der Waals surface area contributed by atoms with Crippen LogP contribution in [0.2, 0.25) is 0 Å². The van der Waals surface area contributed by atoms with Gasteiger partial charge in [-0.15, -0.1) is 0 Å². The van der Waals surface area contributed by atoms with Crippen molar-refractivity contribution >= 4 is 50.0 Å². The first-order valence-electron chi connectivity index (χ1n) is 13.9. The van der Waals surface area contributed by atoms with Crippen LogP contribution >= 0.6 is 0 Å². The topological polar surface area (TPSA) is 30.4 Å². The van der Waals surface area contributed by atoms with Gasteiger partial charge < -0.3 is 8.98 Å². The molecule has 3 heteroatoms. The third-order valence-corrected chi connectivity index (χ3v) is 7.86. The molecule has 8 aromatic rings. The fourth-order valence-electron chi connectivity index (χ4n) is 5.95. The number of aliphatic imine (C=N–C) groups is 1. The Kier molecular flexibility index (Phi) is 5.53. The lowest BCUT2D eigenvalue weighted by Crippen LogP contribution is -1.96. The average molecular weight is 527 g/mol. The first-order chi connectivity index (χ1) is 20.3.